The number of nitrogens with one attached hydrogen (secondary N) is 1. The molecule has 0 saturated heterocycles. The Balaban J connectivity index is 1.74. The first-order valence-electron chi connectivity index (χ1n) is 7.50. The summed E-state index contributed by atoms with van der Waals surface area (Å²) < 4.78 is 10.9. The number of H-pyrrole nitrogens is 1. The standard InChI is InChI=1S/C17H16ClN3O3/c1-10(2)7-16-19-9-15(23-16)12-8-13(21-20-12)17(22)24-14-6-4-3-5-11(14)18/h3-6,8-10H,7H2,1-2H3,(H,20,21). The maximum Gasteiger partial charge on any atom is 0.364 e. The van der Waals surface area contributed by atoms with Crippen LogP contribution >= 0.6 is 11.6 Å². The molecule has 0 radical (unpaired) electrons. The van der Waals surface area contributed by atoms with Crippen LogP contribution in [-0.2, 0) is 6.42 Å². The average molecular weight is 346 g/mol. The van der Waals surface area contributed by atoms with E-state index in [9.17, 15) is 4.79 Å². The summed E-state index contributed by atoms with van der Waals surface area (Å²) >= 11 is 5.97. The highest BCUT2D eigenvalue weighted by Crippen LogP contribution is 2.25. The number of esters is 1. The number of para-hydroxylation sites is 1. The number of hydrogen-bond acceptors (Lipinski definition) is 5. The van der Waals surface area contributed by atoms with Crippen molar-refractivity contribution in [1.29, 1.82) is 0 Å². The molecule has 0 atom stereocenters. The van der Waals surface area contributed by atoms with Gasteiger partial charge in [-0.3, -0.25) is 5.10 Å². The summed E-state index contributed by atoms with van der Waals surface area (Å²) in [6.45, 7) is 4.17. The van der Waals surface area contributed by atoms with Crippen LogP contribution in [0.4, 0.5) is 0 Å². The first-order valence-corrected chi connectivity index (χ1v) is 7.88. The maximum atomic E-state index is 12.2. The molecule has 0 spiro atoms. The van der Waals surface area contributed by atoms with Crippen LogP contribution in [0, 0.1) is 5.92 Å². The Morgan fingerprint density at radius 3 is 2.92 bits per heavy atom. The van der Waals surface area contributed by atoms with E-state index in [0.717, 1.165) is 6.42 Å². The van der Waals surface area contributed by atoms with Crippen molar-refractivity contribution in [3.8, 4) is 17.2 Å². The lowest BCUT2D eigenvalue weighted by Crippen LogP contribution is -2.09. The van der Waals surface area contributed by atoms with E-state index in [2.05, 4.69) is 29.0 Å². The highest BCUT2D eigenvalue weighted by molar-refractivity contribution is 6.32. The van der Waals surface area contributed by atoms with Crippen molar-refractivity contribution in [3.63, 3.8) is 0 Å². The molecule has 0 bridgehead atoms. The Kier molecular flexibility index (Phi) is 4.66. The van der Waals surface area contributed by atoms with Crippen molar-refractivity contribution in [3.05, 3.63) is 53.1 Å². The average Bonchev–Trinajstić information content (AvgIpc) is 3.18. The number of carbonyl (C=O) groups excluding carboxylic acids is 1. The fourth-order valence-corrected chi connectivity index (χ4v) is 2.28. The number of benzene rings is 1. The third kappa shape index (κ3) is 3.65. The second-order valence-corrected chi connectivity index (χ2v) is 6.11. The minimum Gasteiger partial charge on any atom is -0.439 e. The number of hydrogen-bond donors (Lipinski definition) is 1. The second-order valence-electron chi connectivity index (χ2n) is 5.70. The van der Waals surface area contributed by atoms with E-state index < -0.39 is 5.97 Å². The molecular formula is C17H16ClN3O3. The number of aromatic nitrogens is 3. The van der Waals surface area contributed by atoms with Crippen molar-refractivity contribution < 1.29 is 13.9 Å². The molecule has 0 aliphatic carbocycles. The number of halogens is 1. The molecule has 0 unspecified atom stereocenters. The van der Waals surface area contributed by atoms with E-state index in [1.807, 2.05) is 0 Å². The third-order valence-corrected chi connectivity index (χ3v) is 3.54. The molecule has 1 N–H and O–H groups in total. The Morgan fingerprint density at radius 1 is 1.38 bits per heavy atom. The minimum atomic E-state index is -0.604. The molecule has 7 heteroatoms. The van der Waals surface area contributed by atoms with E-state index in [4.69, 9.17) is 20.8 Å². The summed E-state index contributed by atoms with van der Waals surface area (Å²) in [5.74, 6) is 1.30. The summed E-state index contributed by atoms with van der Waals surface area (Å²) in [6.07, 6.45) is 2.35. The van der Waals surface area contributed by atoms with Gasteiger partial charge in [0, 0.05) is 12.5 Å². The SMILES string of the molecule is CC(C)Cc1ncc(-c2cc(C(=O)Oc3ccccc3Cl)n[nH]2)o1. The van der Waals surface area contributed by atoms with Crippen molar-refractivity contribution in [2.24, 2.45) is 5.92 Å². The topological polar surface area (TPSA) is 81.0 Å². The van der Waals surface area contributed by atoms with Gasteiger partial charge in [0.25, 0.3) is 0 Å². The van der Waals surface area contributed by atoms with Gasteiger partial charge in [0.1, 0.15) is 11.4 Å². The van der Waals surface area contributed by atoms with Crippen molar-refractivity contribution in [2.75, 3.05) is 0 Å². The number of carbonyl (C=O) groups is 1. The molecule has 0 aliphatic heterocycles. The Labute approximate surface area is 143 Å². The van der Waals surface area contributed by atoms with Gasteiger partial charge in [0.05, 0.1) is 11.2 Å². The lowest BCUT2D eigenvalue weighted by atomic mass is 10.1. The molecule has 0 fully saturated rings. The number of oxazole rings is 1. The highest BCUT2D eigenvalue weighted by atomic mass is 35.5. The normalized spacial score (nSPS) is 11.0. The van der Waals surface area contributed by atoms with Gasteiger partial charge in [-0.1, -0.05) is 37.6 Å². The van der Waals surface area contributed by atoms with Crippen molar-refractivity contribution in [1.82, 2.24) is 15.2 Å². The molecule has 0 amide bonds. The van der Waals surface area contributed by atoms with Crippen LogP contribution in [-0.4, -0.2) is 21.2 Å². The maximum absolute atomic E-state index is 12.2. The molecule has 2 heterocycles. The van der Waals surface area contributed by atoms with Crippen LogP contribution in [0.5, 0.6) is 5.75 Å². The minimum absolute atomic E-state index is 0.131. The fourth-order valence-electron chi connectivity index (χ4n) is 2.11. The summed E-state index contributed by atoms with van der Waals surface area (Å²) in [7, 11) is 0. The molecule has 0 aliphatic rings. The van der Waals surface area contributed by atoms with Gasteiger partial charge in [0.15, 0.2) is 17.3 Å². The molecule has 0 saturated carbocycles. The molecule has 2 aromatic heterocycles. The lowest BCUT2D eigenvalue weighted by Gasteiger charge is -2.03. The monoisotopic (exact) mass is 345 g/mol. The second kappa shape index (κ2) is 6.88. The summed E-state index contributed by atoms with van der Waals surface area (Å²) in [5, 5.41) is 7.07. The summed E-state index contributed by atoms with van der Waals surface area (Å²) in [4.78, 5) is 16.4. The molecular weight excluding hydrogens is 330 g/mol. The lowest BCUT2D eigenvalue weighted by molar-refractivity contribution is 0.0728. The summed E-state index contributed by atoms with van der Waals surface area (Å²) in [6, 6.07) is 8.30. The largest absolute Gasteiger partial charge is 0.439 e. The van der Waals surface area contributed by atoms with Crippen LogP contribution in [0.3, 0.4) is 0 Å². The molecule has 3 rings (SSSR count). The van der Waals surface area contributed by atoms with Gasteiger partial charge in [-0.25, -0.2) is 9.78 Å². The predicted octanol–water partition coefficient (Wildman–Crippen LogP) is 4.14. The Bertz CT molecular complexity index is 854. The zero-order chi connectivity index (χ0) is 17.1. The first-order chi connectivity index (χ1) is 11.5. The van der Waals surface area contributed by atoms with Crippen LogP contribution in [0.15, 0.2) is 40.9 Å². The fraction of sp³-hybridized carbons (Fsp3) is 0.235. The van der Waals surface area contributed by atoms with Gasteiger partial charge < -0.3 is 9.15 Å². The van der Waals surface area contributed by atoms with Crippen LogP contribution in [0.2, 0.25) is 5.02 Å². The molecule has 6 nitrogen and oxygen atoms in total. The number of rotatable bonds is 5. The van der Waals surface area contributed by atoms with Gasteiger partial charge in [-0.15, -0.1) is 0 Å². The van der Waals surface area contributed by atoms with Crippen molar-refractivity contribution in [2.45, 2.75) is 20.3 Å². The van der Waals surface area contributed by atoms with Crippen LogP contribution in [0.25, 0.3) is 11.5 Å². The highest BCUT2D eigenvalue weighted by Gasteiger charge is 2.17. The third-order valence-electron chi connectivity index (χ3n) is 3.23. The zero-order valence-corrected chi connectivity index (χ0v) is 14.0. The van der Waals surface area contributed by atoms with E-state index >= 15 is 0 Å². The first kappa shape index (κ1) is 16.3. The molecule has 1 aromatic carbocycles. The number of nitrogens with zero attached hydrogens (tertiary/aromatic N) is 2. The van der Waals surface area contributed by atoms with Crippen LogP contribution in [0.1, 0.15) is 30.2 Å². The van der Waals surface area contributed by atoms with Gasteiger partial charge >= 0.3 is 5.97 Å². The van der Waals surface area contributed by atoms with Gasteiger partial charge in [-0.05, 0) is 18.1 Å². The van der Waals surface area contributed by atoms with Crippen LogP contribution < -0.4 is 4.74 Å². The smallest absolute Gasteiger partial charge is 0.364 e. The van der Waals surface area contributed by atoms with Crippen molar-refractivity contribution >= 4 is 17.6 Å². The van der Waals surface area contributed by atoms with E-state index in [-0.39, 0.29) is 11.4 Å². The number of aromatic amines is 1. The molecule has 124 valence electrons. The van der Waals surface area contributed by atoms with E-state index in [1.165, 1.54) is 0 Å². The summed E-state index contributed by atoms with van der Waals surface area (Å²) in [5.41, 5.74) is 0.690. The van der Waals surface area contributed by atoms with Gasteiger partial charge in [0.2, 0.25) is 0 Å². The quantitative estimate of drug-likeness (QED) is 0.555. The van der Waals surface area contributed by atoms with E-state index in [1.54, 1.807) is 36.5 Å². The number of ether oxygens (including phenoxy) is 1. The predicted molar refractivity (Wildman–Crippen MR) is 89.0 cm³/mol. The Hall–Kier alpha value is -2.60. The molecule has 3 aromatic rings. The van der Waals surface area contributed by atoms with E-state index in [0.29, 0.717) is 28.3 Å². The Morgan fingerprint density at radius 2 is 2.17 bits per heavy atom. The molecule has 24 heavy (non-hydrogen) atoms. The zero-order valence-electron chi connectivity index (χ0n) is 13.2. The van der Waals surface area contributed by atoms with Gasteiger partial charge in [-0.2, -0.15) is 5.10 Å².